The van der Waals surface area contributed by atoms with Crippen molar-refractivity contribution in [3.8, 4) is 5.75 Å². The summed E-state index contributed by atoms with van der Waals surface area (Å²) in [5.74, 6) is 0.903. The van der Waals surface area contributed by atoms with Crippen molar-refractivity contribution in [1.29, 1.82) is 0 Å². The Hall–Kier alpha value is -1.03. The fourth-order valence-electron chi connectivity index (χ4n) is 2.03. The summed E-state index contributed by atoms with van der Waals surface area (Å²) in [6.07, 6.45) is 3.88. The number of hydrogen-bond acceptors (Lipinski definition) is 3. The molecule has 1 aromatic carbocycles. The largest absolute Gasteiger partial charge is 0.508 e. The van der Waals surface area contributed by atoms with Crippen molar-refractivity contribution in [2.45, 2.75) is 44.4 Å². The summed E-state index contributed by atoms with van der Waals surface area (Å²) in [5.41, 5.74) is 0. The zero-order valence-electron chi connectivity index (χ0n) is 11.1. The molecule has 4 heteroatoms. The lowest BCUT2D eigenvalue weighted by molar-refractivity contribution is 0.450. The third kappa shape index (κ3) is 4.33. The zero-order valence-corrected chi connectivity index (χ0v) is 11.9. The first-order valence-corrected chi connectivity index (χ1v) is 8.16. The number of benzene rings is 1. The van der Waals surface area contributed by atoms with Crippen molar-refractivity contribution in [3.63, 3.8) is 0 Å². The summed E-state index contributed by atoms with van der Waals surface area (Å²) in [6.45, 7) is 4.28. The molecule has 1 aromatic rings. The van der Waals surface area contributed by atoms with E-state index in [0.29, 0.717) is 17.2 Å². The van der Waals surface area contributed by atoms with Crippen LogP contribution in [0.2, 0.25) is 0 Å². The van der Waals surface area contributed by atoms with Gasteiger partial charge < -0.3 is 5.11 Å². The predicted octanol–water partition coefficient (Wildman–Crippen LogP) is 3.38. The van der Waals surface area contributed by atoms with Crippen LogP contribution in [0.5, 0.6) is 5.75 Å². The summed E-state index contributed by atoms with van der Waals surface area (Å²) in [6, 6.07) is 5.74. The second kappa shape index (κ2) is 6.78. The molecular weight excluding hydrogens is 248 g/mol. The van der Waals surface area contributed by atoms with Crippen molar-refractivity contribution >= 4 is 9.84 Å². The van der Waals surface area contributed by atoms with E-state index in [1.807, 2.05) is 0 Å². The van der Waals surface area contributed by atoms with Gasteiger partial charge in [-0.3, -0.25) is 0 Å². The number of sulfone groups is 1. The normalized spacial score (nSPS) is 11.9. The SMILES string of the molecule is CCC(CC)CCCS(=O)(=O)c1ccc(O)cc1. The third-order valence-corrected chi connectivity index (χ3v) is 5.19. The van der Waals surface area contributed by atoms with Crippen LogP contribution in [0, 0.1) is 5.92 Å². The fraction of sp³-hybridized carbons (Fsp3) is 0.571. The van der Waals surface area contributed by atoms with Crippen molar-refractivity contribution in [3.05, 3.63) is 24.3 Å². The fourth-order valence-corrected chi connectivity index (χ4v) is 3.36. The number of aromatic hydroxyl groups is 1. The summed E-state index contributed by atoms with van der Waals surface area (Å²) >= 11 is 0. The zero-order chi connectivity index (χ0) is 13.6. The summed E-state index contributed by atoms with van der Waals surface area (Å²) < 4.78 is 24.0. The quantitative estimate of drug-likeness (QED) is 0.826. The Bertz CT molecular complexity index is 444. The monoisotopic (exact) mass is 270 g/mol. The first kappa shape index (κ1) is 15.0. The van der Waals surface area contributed by atoms with E-state index < -0.39 is 9.84 Å². The predicted molar refractivity (Wildman–Crippen MR) is 73.5 cm³/mol. The maximum Gasteiger partial charge on any atom is 0.178 e. The molecule has 0 radical (unpaired) electrons. The van der Waals surface area contributed by atoms with Crippen LogP contribution in [0.25, 0.3) is 0 Å². The lowest BCUT2D eigenvalue weighted by atomic mass is 9.98. The molecule has 0 saturated heterocycles. The van der Waals surface area contributed by atoms with Crippen LogP contribution < -0.4 is 0 Å². The minimum atomic E-state index is -3.20. The average Bonchev–Trinajstić information content (AvgIpc) is 2.35. The molecule has 0 aromatic heterocycles. The van der Waals surface area contributed by atoms with Gasteiger partial charge in [0.25, 0.3) is 0 Å². The molecule has 0 aliphatic heterocycles. The van der Waals surface area contributed by atoms with Gasteiger partial charge in [0.05, 0.1) is 10.6 Å². The van der Waals surface area contributed by atoms with E-state index in [0.717, 1.165) is 19.3 Å². The summed E-state index contributed by atoms with van der Waals surface area (Å²) in [4.78, 5) is 0.296. The van der Waals surface area contributed by atoms with Crippen molar-refractivity contribution < 1.29 is 13.5 Å². The molecule has 0 unspecified atom stereocenters. The topological polar surface area (TPSA) is 54.4 Å². The minimum Gasteiger partial charge on any atom is -0.508 e. The molecular formula is C14H22O3S. The van der Waals surface area contributed by atoms with Gasteiger partial charge >= 0.3 is 0 Å². The third-order valence-electron chi connectivity index (χ3n) is 3.38. The number of hydrogen-bond donors (Lipinski definition) is 1. The maximum atomic E-state index is 12.0. The molecule has 102 valence electrons. The van der Waals surface area contributed by atoms with Gasteiger partial charge in [0.2, 0.25) is 0 Å². The molecule has 0 saturated carbocycles. The smallest absolute Gasteiger partial charge is 0.178 e. The Kier molecular flexibility index (Phi) is 5.66. The first-order chi connectivity index (χ1) is 8.49. The summed E-state index contributed by atoms with van der Waals surface area (Å²) in [7, 11) is -3.20. The van der Waals surface area contributed by atoms with Crippen LogP contribution >= 0.6 is 0 Å². The van der Waals surface area contributed by atoms with Crippen LogP contribution in [0.3, 0.4) is 0 Å². The van der Waals surface area contributed by atoms with Gasteiger partial charge in [0.15, 0.2) is 9.84 Å². The number of phenols is 1. The second-order valence-corrected chi connectivity index (χ2v) is 6.75. The van der Waals surface area contributed by atoms with Crippen LogP contribution in [-0.2, 0) is 9.84 Å². The van der Waals surface area contributed by atoms with Gasteiger partial charge in [-0.25, -0.2) is 8.42 Å². The van der Waals surface area contributed by atoms with Gasteiger partial charge in [0.1, 0.15) is 5.75 Å². The van der Waals surface area contributed by atoms with E-state index in [1.54, 1.807) is 0 Å². The van der Waals surface area contributed by atoms with E-state index >= 15 is 0 Å². The first-order valence-electron chi connectivity index (χ1n) is 6.51. The molecule has 0 atom stereocenters. The molecule has 0 spiro atoms. The van der Waals surface area contributed by atoms with E-state index in [2.05, 4.69) is 13.8 Å². The van der Waals surface area contributed by atoms with Gasteiger partial charge in [-0.15, -0.1) is 0 Å². The Labute approximate surface area is 110 Å². The Morgan fingerprint density at radius 2 is 1.67 bits per heavy atom. The molecule has 18 heavy (non-hydrogen) atoms. The van der Waals surface area contributed by atoms with Crippen molar-refractivity contribution in [2.24, 2.45) is 5.92 Å². The van der Waals surface area contributed by atoms with Crippen molar-refractivity contribution in [1.82, 2.24) is 0 Å². The Morgan fingerprint density at radius 3 is 2.17 bits per heavy atom. The highest BCUT2D eigenvalue weighted by Gasteiger charge is 2.14. The molecule has 1 rings (SSSR count). The highest BCUT2D eigenvalue weighted by molar-refractivity contribution is 7.91. The number of phenolic OH excluding ortho intramolecular Hbond substituents is 1. The Balaban J connectivity index is 2.57. The molecule has 0 aliphatic rings. The van der Waals surface area contributed by atoms with Gasteiger partial charge in [-0.2, -0.15) is 0 Å². The van der Waals surface area contributed by atoms with Gasteiger partial charge in [0, 0.05) is 0 Å². The molecule has 0 bridgehead atoms. The standard InChI is InChI=1S/C14H22O3S/c1-3-12(4-2)6-5-11-18(16,17)14-9-7-13(15)8-10-14/h7-10,12,15H,3-6,11H2,1-2H3. The van der Waals surface area contributed by atoms with Gasteiger partial charge in [-0.1, -0.05) is 26.7 Å². The number of rotatable bonds is 7. The van der Waals surface area contributed by atoms with Crippen LogP contribution in [0.15, 0.2) is 29.2 Å². The highest BCUT2D eigenvalue weighted by atomic mass is 32.2. The molecule has 0 aliphatic carbocycles. The highest BCUT2D eigenvalue weighted by Crippen LogP contribution is 2.19. The van der Waals surface area contributed by atoms with E-state index in [9.17, 15) is 8.42 Å². The van der Waals surface area contributed by atoms with Crippen molar-refractivity contribution in [2.75, 3.05) is 5.75 Å². The molecule has 1 N–H and O–H groups in total. The minimum absolute atomic E-state index is 0.0889. The molecule has 3 nitrogen and oxygen atoms in total. The van der Waals surface area contributed by atoms with E-state index in [-0.39, 0.29) is 11.5 Å². The molecule has 0 amide bonds. The van der Waals surface area contributed by atoms with Crippen LogP contribution in [0.1, 0.15) is 39.5 Å². The molecule has 0 fully saturated rings. The molecule has 0 heterocycles. The average molecular weight is 270 g/mol. The van der Waals surface area contributed by atoms with Crippen LogP contribution in [-0.4, -0.2) is 19.3 Å². The van der Waals surface area contributed by atoms with Gasteiger partial charge in [-0.05, 0) is 43.0 Å². The second-order valence-electron chi connectivity index (χ2n) is 4.64. The van der Waals surface area contributed by atoms with Crippen LogP contribution in [0.4, 0.5) is 0 Å². The lowest BCUT2D eigenvalue weighted by Crippen LogP contribution is -2.08. The Morgan fingerprint density at radius 1 is 1.11 bits per heavy atom. The maximum absolute atomic E-state index is 12.0. The van der Waals surface area contributed by atoms with E-state index in [1.165, 1.54) is 24.3 Å². The lowest BCUT2D eigenvalue weighted by Gasteiger charge is -2.11. The van der Waals surface area contributed by atoms with E-state index in [4.69, 9.17) is 5.11 Å². The summed E-state index contributed by atoms with van der Waals surface area (Å²) in [5, 5.41) is 9.14.